The Labute approximate surface area is 112 Å². The minimum Gasteiger partial charge on any atom is -0.504 e. The molecule has 1 amide bonds. The molecule has 1 aromatic carbocycles. The van der Waals surface area contributed by atoms with E-state index >= 15 is 0 Å². The molecule has 1 aliphatic rings. The topological polar surface area (TPSA) is 78.8 Å². The molecule has 1 aromatic rings. The van der Waals surface area contributed by atoms with Crippen LogP contribution in [0.1, 0.15) is 29.6 Å². The van der Waals surface area contributed by atoms with Gasteiger partial charge in [0.05, 0.1) is 18.8 Å². The van der Waals surface area contributed by atoms with E-state index in [0.717, 1.165) is 19.3 Å². The molecule has 104 valence electrons. The Morgan fingerprint density at radius 3 is 2.89 bits per heavy atom. The number of nitrogens with one attached hydrogen (secondary N) is 1. The second-order valence-corrected chi connectivity index (χ2v) is 4.82. The lowest BCUT2D eigenvalue weighted by Gasteiger charge is -2.15. The van der Waals surface area contributed by atoms with Gasteiger partial charge >= 0.3 is 0 Å². The van der Waals surface area contributed by atoms with Gasteiger partial charge in [-0.1, -0.05) is 12.5 Å². The van der Waals surface area contributed by atoms with Crippen molar-refractivity contribution in [2.24, 2.45) is 5.92 Å². The van der Waals surface area contributed by atoms with Crippen LogP contribution < -0.4 is 10.1 Å². The van der Waals surface area contributed by atoms with Gasteiger partial charge in [-0.25, -0.2) is 0 Å². The highest BCUT2D eigenvalue weighted by Crippen LogP contribution is 2.29. The van der Waals surface area contributed by atoms with E-state index in [2.05, 4.69) is 5.32 Å². The van der Waals surface area contributed by atoms with Crippen LogP contribution in [0, 0.1) is 5.92 Å². The first-order valence-corrected chi connectivity index (χ1v) is 6.45. The van der Waals surface area contributed by atoms with Crippen molar-refractivity contribution >= 4 is 5.91 Å². The number of para-hydroxylation sites is 1. The SMILES string of the molecule is COc1cccc(C(=O)NCC2CCCC2O)c1O. The lowest BCUT2D eigenvalue weighted by molar-refractivity contribution is 0.0913. The van der Waals surface area contributed by atoms with Crippen LogP contribution in [-0.4, -0.2) is 35.9 Å². The maximum atomic E-state index is 12.0. The van der Waals surface area contributed by atoms with E-state index in [4.69, 9.17) is 4.74 Å². The highest BCUT2D eigenvalue weighted by Gasteiger charge is 2.26. The molecule has 5 nitrogen and oxygen atoms in total. The van der Waals surface area contributed by atoms with Crippen LogP contribution in [0.4, 0.5) is 0 Å². The van der Waals surface area contributed by atoms with E-state index in [1.54, 1.807) is 12.1 Å². The number of hydrogen-bond acceptors (Lipinski definition) is 4. The number of hydrogen-bond donors (Lipinski definition) is 3. The number of amides is 1. The molecule has 5 heteroatoms. The fourth-order valence-corrected chi connectivity index (χ4v) is 2.44. The summed E-state index contributed by atoms with van der Waals surface area (Å²) in [5.74, 6) is -0.129. The lowest BCUT2D eigenvalue weighted by atomic mass is 10.1. The average molecular weight is 265 g/mol. The highest BCUT2D eigenvalue weighted by atomic mass is 16.5. The third-order valence-corrected chi connectivity index (χ3v) is 3.61. The summed E-state index contributed by atoms with van der Waals surface area (Å²) in [6, 6.07) is 4.78. The first kappa shape index (κ1) is 13.7. The number of benzene rings is 1. The standard InChI is InChI=1S/C14H19NO4/c1-19-12-7-3-5-10(13(12)17)14(18)15-8-9-4-2-6-11(9)16/h3,5,7,9,11,16-17H,2,4,6,8H2,1H3,(H,15,18). The number of carbonyl (C=O) groups excluding carboxylic acids is 1. The lowest BCUT2D eigenvalue weighted by Crippen LogP contribution is -2.32. The van der Waals surface area contributed by atoms with Gasteiger partial charge in [-0.05, 0) is 25.0 Å². The van der Waals surface area contributed by atoms with E-state index in [0.29, 0.717) is 6.54 Å². The zero-order valence-electron chi connectivity index (χ0n) is 10.9. The van der Waals surface area contributed by atoms with E-state index in [1.807, 2.05) is 0 Å². The van der Waals surface area contributed by atoms with Gasteiger partial charge in [-0.15, -0.1) is 0 Å². The fourth-order valence-electron chi connectivity index (χ4n) is 2.44. The molecule has 0 heterocycles. The number of ether oxygens (including phenoxy) is 1. The van der Waals surface area contributed by atoms with E-state index in [9.17, 15) is 15.0 Å². The molecular formula is C14H19NO4. The summed E-state index contributed by atoms with van der Waals surface area (Å²) in [5, 5.41) is 22.3. The fraction of sp³-hybridized carbons (Fsp3) is 0.500. The maximum absolute atomic E-state index is 12.0. The second-order valence-electron chi connectivity index (χ2n) is 4.82. The van der Waals surface area contributed by atoms with Crippen LogP contribution in [0.3, 0.4) is 0 Å². The van der Waals surface area contributed by atoms with Crippen LogP contribution in [0.2, 0.25) is 0 Å². The molecule has 0 saturated heterocycles. The van der Waals surface area contributed by atoms with Crippen molar-refractivity contribution in [3.8, 4) is 11.5 Å². The number of phenolic OH excluding ortho intramolecular Hbond substituents is 1. The molecule has 3 N–H and O–H groups in total. The van der Waals surface area contributed by atoms with Gasteiger partial charge in [0.1, 0.15) is 0 Å². The quantitative estimate of drug-likeness (QED) is 0.766. The zero-order valence-corrected chi connectivity index (χ0v) is 10.9. The molecule has 2 atom stereocenters. The minimum atomic E-state index is -0.351. The Morgan fingerprint density at radius 2 is 2.26 bits per heavy atom. The van der Waals surface area contributed by atoms with Crippen molar-refractivity contribution in [3.05, 3.63) is 23.8 Å². The smallest absolute Gasteiger partial charge is 0.255 e. The monoisotopic (exact) mass is 265 g/mol. The van der Waals surface area contributed by atoms with E-state index < -0.39 is 0 Å². The summed E-state index contributed by atoms with van der Waals surface area (Å²) in [7, 11) is 1.44. The number of aromatic hydroxyl groups is 1. The second kappa shape index (κ2) is 5.93. The number of carbonyl (C=O) groups is 1. The molecule has 2 rings (SSSR count). The first-order valence-electron chi connectivity index (χ1n) is 6.45. The van der Waals surface area contributed by atoms with Crippen molar-refractivity contribution < 1.29 is 19.7 Å². The number of aliphatic hydroxyl groups excluding tert-OH is 1. The molecule has 0 aromatic heterocycles. The van der Waals surface area contributed by atoms with Crippen LogP contribution in [0.25, 0.3) is 0 Å². The molecule has 1 aliphatic carbocycles. The summed E-state index contributed by atoms with van der Waals surface area (Å²) in [6.07, 6.45) is 2.38. The average Bonchev–Trinajstić information content (AvgIpc) is 2.82. The molecule has 2 unspecified atom stereocenters. The molecule has 0 radical (unpaired) electrons. The Morgan fingerprint density at radius 1 is 1.47 bits per heavy atom. The van der Waals surface area contributed by atoms with Crippen molar-refractivity contribution in [2.75, 3.05) is 13.7 Å². The molecule has 1 fully saturated rings. The van der Waals surface area contributed by atoms with Crippen molar-refractivity contribution in [1.82, 2.24) is 5.32 Å². The summed E-state index contributed by atoms with van der Waals surface area (Å²) in [6.45, 7) is 0.427. The number of aliphatic hydroxyl groups is 1. The summed E-state index contributed by atoms with van der Waals surface area (Å²) in [5.41, 5.74) is 0.187. The molecule has 1 saturated carbocycles. The Hall–Kier alpha value is -1.75. The number of rotatable bonds is 4. The van der Waals surface area contributed by atoms with Crippen LogP contribution >= 0.6 is 0 Å². The Kier molecular flexibility index (Phi) is 4.27. The number of phenols is 1. The minimum absolute atomic E-state index is 0.108. The van der Waals surface area contributed by atoms with Crippen LogP contribution in [0.15, 0.2) is 18.2 Å². The summed E-state index contributed by atoms with van der Waals surface area (Å²) < 4.78 is 4.96. The van der Waals surface area contributed by atoms with Gasteiger partial charge in [0.15, 0.2) is 11.5 Å². The van der Waals surface area contributed by atoms with Crippen molar-refractivity contribution in [3.63, 3.8) is 0 Å². The van der Waals surface area contributed by atoms with Crippen molar-refractivity contribution in [2.45, 2.75) is 25.4 Å². The molecule has 19 heavy (non-hydrogen) atoms. The van der Waals surface area contributed by atoms with Gasteiger partial charge in [-0.3, -0.25) is 4.79 Å². The third kappa shape index (κ3) is 2.98. The molecule has 0 aliphatic heterocycles. The van der Waals surface area contributed by atoms with Gasteiger partial charge in [0, 0.05) is 12.5 Å². The third-order valence-electron chi connectivity index (χ3n) is 3.61. The van der Waals surface area contributed by atoms with Gasteiger partial charge in [0.25, 0.3) is 5.91 Å². The highest BCUT2D eigenvalue weighted by molar-refractivity contribution is 5.97. The Bertz CT molecular complexity index is 461. The maximum Gasteiger partial charge on any atom is 0.255 e. The molecule has 0 bridgehead atoms. The first-order chi connectivity index (χ1) is 9.13. The summed E-state index contributed by atoms with van der Waals surface area (Å²) in [4.78, 5) is 12.0. The van der Waals surface area contributed by atoms with Gasteiger partial charge in [0.2, 0.25) is 0 Å². The van der Waals surface area contributed by atoms with Gasteiger partial charge in [-0.2, -0.15) is 0 Å². The summed E-state index contributed by atoms with van der Waals surface area (Å²) >= 11 is 0. The predicted octanol–water partition coefficient (Wildman–Crippen LogP) is 1.29. The predicted molar refractivity (Wildman–Crippen MR) is 70.3 cm³/mol. The zero-order chi connectivity index (χ0) is 13.8. The van der Waals surface area contributed by atoms with E-state index in [-0.39, 0.29) is 35.0 Å². The normalized spacial score (nSPS) is 22.2. The van der Waals surface area contributed by atoms with E-state index in [1.165, 1.54) is 13.2 Å². The molecular weight excluding hydrogens is 246 g/mol. The number of methoxy groups -OCH3 is 1. The Balaban J connectivity index is 2.00. The van der Waals surface area contributed by atoms with Gasteiger partial charge < -0.3 is 20.3 Å². The van der Waals surface area contributed by atoms with Crippen LogP contribution in [-0.2, 0) is 0 Å². The van der Waals surface area contributed by atoms with Crippen molar-refractivity contribution in [1.29, 1.82) is 0 Å². The largest absolute Gasteiger partial charge is 0.504 e. The van der Waals surface area contributed by atoms with Crippen LogP contribution in [0.5, 0.6) is 11.5 Å². The molecule has 0 spiro atoms.